The van der Waals surface area contributed by atoms with E-state index >= 15 is 0 Å². The molecule has 0 bridgehead atoms. The predicted octanol–water partition coefficient (Wildman–Crippen LogP) is 1.50. The Morgan fingerprint density at radius 1 is 1.56 bits per heavy atom. The van der Waals surface area contributed by atoms with E-state index in [0.29, 0.717) is 11.5 Å². The molecular formula is C11H20N4O. The van der Waals surface area contributed by atoms with E-state index in [4.69, 9.17) is 5.73 Å². The monoisotopic (exact) mass is 224 g/mol. The summed E-state index contributed by atoms with van der Waals surface area (Å²) in [5.74, 6) is 0.242. The molecule has 1 amide bonds. The summed E-state index contributed by atoms with van der Waals surface area (Å²) >= 11 is 0. The van der Waals surface area contributed by atoms with Crippen LogP contribution in [0.4, 0.5) is 5.82 Å². The van der Waals surface area contributed by atoms with E-state index in [0.717, 1.165) is 0 Å². The number of H-pyrrole nitrogens is 1. The van der Waals surface area contributed by atoms with Gasteiger partial charge < -0.3 is 10.6 Å². The number of hydrogen-bond acceptors (Lipinski definition) is 3. The Hall–Kier alpha value is -1.52. The van der Waals surface area contributed by atoms with Crippen LogP contribution in [0.15, 0.2) is 6.07 Å². The molecule has 3 N–H and O–H groups in total. The van der Waals surface area contributed by atoms with E-state index < -0.39 is 0 Å². The predicted molar refractivity (Wildman–Crippen MR) is 64.0 cm³/mol. The number of nitrogen functional groups attached to an aromatic ring is 1. The largest absolute Gasteiger partial charge is 0.382 e. The van der Waals surface area contributed by atoms with Crippen molar-refractivity contribution < 1.29 is 4.79 Å². The number of aromatic nitrogens is 2. The number of amides is 1. The van der Waals surface area contributed by atoms with E-state index in [1.54, 1.807) is 18.0 Å². The molecular weight excluding hydrogens is 204 g/mol. The fourth-order valence-corrected chi connectivity index (χ4v) is 1.39. The van der Waals surface area contributed by atoms with Crippen molar-refractivity contribution in [1.82, 2.24) is 15.1 Å². The average Bonchev–Trinajstić information content (AvgIpc) is 2.60. The fourth-order valence-electron chi connectivity index (χ4n) is 1.39. The normalized spacial score (nSPS) is 13.6. The van der Waals surface area contributed by atoms with Crippen LogP contribution in [0.1, 0.15) is 38.2 Å². The first-order chi connectivity index (χ1) is 7.23. The number of anilines is 1. The molecule has 1 aromatic heterocycles. The van der Waals surface area contributed by atoms with Gasteiger partial charge >= 0.3 is 0 Å². The summed E-state index contributed by atoms with van der Waals surface area (Å²) in [4.78, 5) is 13.7. The molecule has 1 rings (SSSR count). The summed E-state index contributed by atoms with van der Waals surface area (Å²) < 4.78 is 0. The number of nitrogens with one attached hydrogen (secondary N) is 1. The smallest absolute Gasteiger partial charge is 0.271 e. The van der Waals surface area contributed by atoms with Crippen LogP contribution in [-0.4, -0.2) is 34.1 Å². The Bertz CT molecular complexity index is 378. The standard InChI is InChI=1S/C11H20N4O/c1-7(11(2,3)4)15(5)10(16)8-6-9(12)14-13-8/h6-7H,1-5H3,(H3,12,13,14). The van der Waals surface area contributed by atoms with E-state index in [-0.39, 0.29) is 17.4 Å². The van der Waals surface area contributed by atoms with Gasteiger partial charge in [-0.1, -0.05) is 20.8 Å². The Labute approximate surface area is 96.0 Å². The molecule has 1 aromatic rings. The molecule has 0 radical (unpaired) electrons. The minimum absolute atomic E-state index is 0.0377. The van der Waals surface area contributed by atoms with Crippen molar-refractivity contribution in [3.8, 4) is 0 Å². The topological polar surface area (TPSA) is 75.0 Å². The third kappa shape index (κ3) is 2.53. The second-order valence-electron chi connectivity index (χ2n) is 5.16. The molecule has 90 valence electrons. The third-order valence-corrected chi connectivity index (χ3v) is 2.98. The SMILES string of the molecule is CC(N(C)C(=O)c1cc(N)n[nH]1)C(C)(C)C. The van der Waals surface area contributed by atoms with Gasteiger partial charge in [-0.25, -0.2) is 0 Å². The van der Waals surface area contributed by atoms with Crippen LogP contribution in [0.2, 0.25) is 0 Å². The van der Waals surface area contributed by atoms with Crippen LogP contribution < -0.4 is 5.73 Å². The van der Waals surface area contributed by atoms with E-state index in [1.807, 2.05) is 6.92 Å². The lowest BCUT2D eigenvalue weighted by atomic mass is 9.87. The van der Waals surface area contributed by atoms with Gasteiger partial charge in [0.15, 0.2) is 0 Å². The molecule has 5 nitrogen and oxygen atoms in total. The number of nitrogens with two attached hydrogens (primary N) is 1. The lowest BCUT2D eigenvalue weighted by Gasteiger charge is -2.35. The van der Waals surface area contributed by atoms with E-state index in [1.165, 1.54) is 0 Å². The Kier molecular flexibility index (Phi) is 3.26. The number of rotatable bonds is 2. The molecule has 5 heteroatoms. The van der Waals surface area contributed by atoms with Crippen molar-refractivity contribution in [2.75, 3.05) is 12.8 Å². The van der Waals surface area contributed by atoms with Gasteiger partial charge in [-0.15, -0.1) is 0 Å². The maximum atomic E-state index is 12.0. The molecule has 16 heavy (non-hydrogen) atoms. The molecule has 0 fully saturated rings. The maximum absolute atomic E-state index is 12.0. The summed E-state index contributed by atoms with van der Waals surface area (Å²) in [5, 5.41) is 6.37. The van der Waals surface area contributed by atoms with Crippen molar-refractivity contribution in [3.63, 3.8) is 0 Å². The van der Waals surface area contributed by atoms with Crippen molar-refractivity contribution >= 4 is 11.7 Å². The molecule has 1 unspecified atom stereocenters. The highest BCUT2D eigenvalue weighted by Gasteiger charge is 2.28. The summed E-state index contributed by atoms with van der Waals surface area (Å²) in [6, 6.07) is 1.68. The van der Waals surface area contributed by atoms with Crippen molar-refractivity contribution in [2.24, 2.45) is 5.41 Å². The van der Waals surface area contributed by atoms with Gasteiger partial charge in [-0.2, -0.15) is 5.10 Å². The maximum Gasteiger partial charge on any atom is 0.271 e. The Morgan fingerprint density at radius 2 is 2.12 bits per heavy atom. The number of nitrogens with zero attached hydrogens (tertiary/aromatic N) is 2. The van der Waals surface area contributed by atoms with E-state index in [2.05, 4.69) is 31.0 Å². The Morgan fingerprint density at radius 3 is 2.50 bits per heavy atom. The summed E-state index contributed by atoms with van der Waals surface area (Å²) in [6.07, 6.45) is 0. The molecule has 0 aromatic carbocycles. The molecule has 0 aliphatic rings. The molecule has 0 aliphatic carbocycles. The van der Waals surface area contributed by atoms with E-state index in [9.17, 15) is 4.79 Å². The zero-order chi connectivity index (χ0) is 12.5. The first-order valence-corrected chi connectivity index (χ1v) is 5.31. The van der Waals surface area contributed by atoms with Crippen LogP contribution in [-0.2, 0) is 0 Å². The van der Waals surface area contributed by atoms with Crippen LogP contribution >= 0.6 is 0 Å². The zero-order valence-electron chi connectivity index (χ0n) is 10.5. The van der Waals surface area contributed by atoms with Crippen LogP contribution in [0.25, 0.3) is 0 Å². The number of aromatic amines is 1. The number of hydrogen-bond donors (Lipinski definition) is 2. The molecule has 0 saturated heterocycles. The lowest BCUT2D eigenvalue weighted by molar-refractivity contribution is 0.0623. The third-order valence-electron chi connectivity index (χ3n) is 2.98. The van der Waals surface area contributed by atoms with Gasteiger partial charge in [0.2, 0.25) is 0 Å². The minimum atomic E-state index is -0.0911. The van der Waals surface area contributed by atoms with Gasteiger partial charge in [0.05, 0.1) is 0 Å². The average molecular weight is 224 g/mol. The molecule has 1 atom stereocenters. The first-order valence-electron chi connectivity index (χ1n) is 5.31. The van der Waals surface area contributed by atoms with Crippen molar-refractivity contribution in [1.29, 1.82) is 0 Å². The van der Waals surface area contributed by atoms with Crippen molar-refractivity contribution in [3.05, 3.63) is 11.8 Å². The van der Waals surface area contributed by atoms with Gasteiger partial charge in [-0.05, 0) is 12.3 Å². The van der Waals surface area contributed by atoms with Gasteiger partial charge in [0.25, 0.3) is 5.91 Å². The second-order valence-corrected chi connectivity index (χ2v) is 5.16. The van der Waals surface area contributed by atoms with Crippen LogP contribution in [0.5, 0.6) is 0 Å². The number of carbonyl (C=O) groups is 1. The zero-order valence-corrected chi connectivity index (χ0v) is 10.5. The molecule has 0 aliphatic heterocycles. The first kappa shape index (κ1) is 12.5. The molecule has 0 spiro atoms. The van der Waals surface area contributed by atoms with Crippen LogP contribution in [0, 0.1) is 5.41 Å². The summed E-state index contributed by atoms with van der Waals surface area (Å²) in [6.45, 7) is 8.33. The highest BCUT2D eigenvalue weighted by molar-refractivity contribution is 5.93. The van der Waals surface area contributed by atoms with Gasteiger partial charge in [0, 0.05) is 19.2 Å². The summed E-state index contributed by atoms with van der Waals surface area (Å²) in [5.41, 5.74) is 5.93. The van der Waals surface area contributed by atoms with Crippen LogP contribution in [0.3, 0.4) is 0 Å². The van der Waals surface area contributed by atoms with Gasteiger partial charge in [0.1, 0.15) is 11.5 Å². The van der Waals surface area contributed by atoms with Gasteiger partial charge in [-0.3, -0.25) is 9.89 Å². The lowest BCUT2D eigenvalue weighted by Crippen LogP contribution is -2.43. The fraction of sp³-hybridized carbons (Fsp3) is 0.636. The molecule has 0 saturated carbocycles. The second kappa shape index (κ2) is 4.15. The molecule has 1 heterocycles. The van der Waals surface area contributed by atoms with Crippen molar-refractivity contribution in [2.45, 2.75) is 33.7 Å². The summed E-state index contributed by atoms with van der Waals surface area (Å²) in [7, 11) is 1.79. The highest BCUT2D eigenvalue weighted by Crippen LogP contribution is 2.24. The highest BCUT2D eigenvalue weighted by atomic mass is 16.2. The number of carbonyl (C=O) groups excluding carboxylic acids is 1. The Balaban J connectivity index is 2.83. The quantitative estimate of drug-likeness (QED) is 0.799. The minimum Gasteiger partial charge on any atom is -0.382 e.